The Labute approximate surface area is 117 Å². The molecule has 1 atom stereocenters. The SMILES string of the molecule is CCC(O)CCNS(=O)(=O)Cc1ccccc1[N+](=O)[O-]. The molecule has 0 aliphatic carbocycles. The summed E-state index contributed by atoms with van der Waals surface area (Å²) in [5.74, 6) is -0.452. The second-order valence-corrected chi connectivity index (χ2v) is 6.20. The standard InChI is InChI=1S/C12H18N2O5S/c1-2-11(15)7-8-13-20(18,19)9-10-5-3-4-6-12(10)14(16)17/h3-6,11,13,15H,2,7-9H2,1H3. The number of nitro groups is 1. The van der Waals surface area contributed by atoms with Crippen LogP contribution >= 0.6 is 0 Å². The Hall–Kier alpha value is -1.51. The fourth-order valence-electron chi connectivity index (χ4n) is 1.65. The number of hydrogen-bond acceptors (Lipinski definition) is 5. The van der Waals surface area contributed by atoms with Crippen LogP contribution < -0.4 is 4.72 Å². The second kappa shape index (κ2) is 7.32. The minimum Gasteiger partial charge on any atom is -0.393 e. The van der Waals surface area contributed by atoms with E-state index < -0.39 is 26.8 Å². The van der Waals surface area contributed by atoms with E-state index in [0.717, 1.165) is 0 Å². The summed E-state index contributed by atoms with van der Waals surface area (Å²) in [5, 5.41) is 20.1. The number of para-hydroxylation sites is 1. The number of rotatable bonds is 8. The van der Waals surface area contributed by atoms with Gasteiger partial charge in [-0.25, -0.2) is 13.1 Å². The molecule has 0 aromatic heterocycles. The van der Waals surface area contributed by atoms with Gasteiger partial charge in [-0.1, -0.05) is 25.1 Å². The topological polar surface area (TPSA) is 110 Å². The molecular formula is C12H18N2O5S. The largest absolute Gasteiger partial charge is 0.393 e. The van der Waals surface area contributed by atoms with Crippen molar-refractivity contribution in [2.75, 3.05) is 6.54 Å². The molecule has 1 rings (SSSR count). The van der Waals surface area contributed by atoms with E-state index >= 15 is 0 Å². The van der Waals surface area contributed by atoms with Gasteiger partial charge in [0, 0.05) is 18.2 Å². The zero-order valence-corrected chi connectivity index (χ0v) is 12.0. The Morgan fingerprint density at radius 2 is 2.05 bits per heavy atom. The first-order chi connectivity index (χ1) is 9.35. The van der Waals surface area contributed by atoms with E-state index in [-0.39, 0.29) is 17.8 Å². The molecule has 0 saturated heterocycles. The van der Waals surface area contributed by atoms with Crippen molar-refractivity contribution in [3.05, 3.63) is 39.9 Å². The molecule has 0 amide bonds. The molecule has 20 heavy (non-hydrogen) atoms. The summed E-state index contributed by atoms with van der Waals surface area (Å²) < 4.78 is 26.0. The van der Waals surface area contributed by atoms with Crippen LogP contribution in [0, 0.1) is 10.1 Å². The summed E-state index contributed by atoms with van der Waals surface area (Å²) in [4.78, 5) is 10.2. The van der Waals surface area contributed by atoms with Gasteiger partial charge in [0.05, 0.1) is 16.8 Å². The maximum atomic E-state index is 11.8. The van der Waals surface area contributed by atoms with E-state index in [1.54, 1.807) is 13.0 Å². The molecule has 0 fully saturated rings. The molecule has 112 valence electrons. The summed E-state index contributed by atoms with van der Waals surface area (Å²) >= 11 is 0. The molecule has 0 aliphatic heterocycles. The molecule has 0 aliphatic rings. The molecule has 8 heteroatoms. The van der Waals surface area contributed by atoms with E-state index in [2.05, 4.69) is 4.72 Å². The average Bonchev–Trinajstić information content (AvgIpc) is 2.38. The normalized spacial score (nSPS) is 13.1. The maximum Gasteiger partial charge on any atom is 0.273 e. The van der Waals surface area contributed by atoms with Gasteiger partial charge in [-0.3, -0.25) is 10.1 Å². The van der Waals surface area contributed by atoms with Crippen LogP contribution in [0.25, 0.3) is 0 Å². The van der Waals surface area contributed by atoms with Crippen LogP contribution in [0.1, 0.15) is 25.3 Å². The van der Waals surface area contributed by atoms with Crippen LogP contribution in [0.4, 0.5) is 5.69 Å². The highest BCUT2D eigenvalue weighted by atomic mass is 32.2. The van der Waals surface area contributed by atoms with Crippen LogP contribution in [0.5, 0.6) is 0 Å². The molecule has 0 saturated carbocycles. The lowest BCUT2D eigenvalue weighted by atomic mass is 10.2. The van der Waals surface area contributed by atoms with Crippen molar-refractivity contribution < 1.29 is 18.4 Å². The van der Waals surface area contributed by atoms with Gasteiger partial charge in [-0.15, -0.1) is 0 Å². The second-order valence-electron chi connectivity index (χ2n) is 4.39. The van der Waals surface area contributed by atoms with E-state index in [9.17, 15) is 23.6 Å². The summed E-state index contributed by atoms with van der Waals surface area (Å²) in [7, 11) is -3.66. The third kappa shape index (κ3) is 5.24. The number of benzene rings is 1. The van der Waals surface area contributed by atoms with E-state index in [1.165, 1.54) is 18.2 Å². The van der Waals surface area contributed by atoms with Gasteiger partial charge in [-0.05, 0) is 12.8 Å². The van der Waals surface area contributed by atoms with Crippen molar-refractivity contribution in [2.24, 2.45) is 0 Å². The lowest BCUT2D eigenvalue weighted by Crippen LogP contribution is -2.28. The van der Waals surface area contributed by atoms with Crippen molar-refractivity contribution in [2.45, 2.75) is 31.6 Å². The van der Waals surface area contributed by atoms with Gasteiger partial charge >= 0.3 is 0 Å². The minimum atomic E-state index is -3.66. The van der Waals surface area contributed by atoms with Gasteiger partial charge in [0.2, 0.25) is 10.0 Å². The van der Waals surface area contributed by atoms with Crippen molar-refractivity contribution in [1.29, 1.82) is 0 Å². The Morgan fingerprint density at radius 3 is 2.65 bits per heavy atom. The quantitative estimate of drug-likeness (QED) is 0.553. The zero-order chi connectivity index (χ0) is 15.2. The van der Waals surface area contributed by atoms with Crippen molar-refractivity contribution in [3.63, 3.8) is 0 Å². The fourth-order valence-corrected chi connectivity index (χ4v) is 2.84. The highest BCUT2D eigenvalue weighted by Gasteiger charge is 2.19. The van der Waals surface area contributed by atoms with Gasteiger partial charge in [0.25, 0.3) is 5.69 Å². The lowest BCUT2D eigenvalue weighted by molar-refractivity contribution is -0.385. The maximum absolute atomic E-state index is 11.8. The summed E-state index contributed by atoms with van der Waals surface area (Å²) in [6.45, 7) is 1.91. The first-order valence-electron chi connectivity index (χ1n) is 6.23. The molecule has 0 spiro atoms. The third-order valence-electron chi connectivity index (χ3n) is 2.80. The highest BCUT2D eigenvalue weighted by Crippen LogP contribution is 2.19. The zero-order valence-electron chi connectivity index (χ0n) is 11.2. The smallest absolute Gasteiger partial charge is 0.273 e. The van der Waals surface area contributed by atoms with E-state index in [4.69, 9.17) is 0 Å². The monoisotopic (exact) mass is 302 g/mol. The number of nitrogens with one attached hydrogen (secondary N) is 1. The molecular weight excluding hydrogens is 284 g/mol. The molecule has 2 N–H and O–H groups in total. The number of nitro benzene ring substituents is 1. The summed E-state index contributed by atoms with van der Waals surface area (Å²) in [6.07, 6.45) is 0.308. The fraction of sp³-hybridized carbons (Fsp3) is 0.500. The first-order valence-corrected chi connectivity index (χ1v) is 7.88. The van der Waals surface area contributed by atoms with Gasteiger partial charge < -0.3 is 5.11 Å². The first kappa shape index (κ1) is 16.5. The predicted octanol–water partition coefficient (Wildman–Crippen LogP) is 1.18. The number of aliphatic hydroxyl groups excluding tert-OH is 1. The van der Waals surface area contributed by atoms with Crippen LogP contribution in [0.2, 0.25) is 0 Å². The Balaban J connectivity index is 2.69. The number of sulfonamides is 1. The molecule has 1 unspecified atom stereocenters. The summed E-state index contributed by atoms with van der Waals surface area (Å²) in [5.41, 5.74) is -0.0764. The predicted molar refractivity (Wildman–Crippen MR) is 74.6 cm³/mol. The average molecular weight is 302 g/mol. The van der Waals surface area contributed by atoms with Gasteiger partial charge in [-0.2, -0.15) is 0 Å². The molecule has 0 radical (unpaired) electrons. The van der Waals surface area contributed by atoms with Gasteiger partial charge in [0.15, 0.2) is 0 Å². The molecule has 7 nitrogen and oxygen atoms in total. The van der Waals surface area contributed by atoms with Crippen LogP contribution in [-0.4, -0.2) is 31.1 Å². The minimum absolute atomic E-state index is 0.109. The highest BCUT2D eigenvalue weighted by molar-refractivity contribution is 7.88. The van der Waals surface area contributed by atoms with Crippen LogP contribution in [0.3, 0.4) is 0 Å². The Bertz CT molecular complexity index is 559. The van der Waals surface area contributed by atoms with Crippen LogP contribution in [0.15, 0.2) is 24.3 Å². The number of hydrogen-bond donors (Lipinski definition) is 2. The lowest BCUT2D eigenvalue weighted by Gasteiger charge is -2.09. The van der Waals surface area contributed by atoms with E-state index in [1.807, 2.05) is 0 Å². The van der Waals surface area contributed by atoms with Crippen molar-refractivity contribution in [1.82, 2.24) is 4.72 Å². The molecule has 1 aromatic rings. The number of aliphatic hydroxyl groups is 1. The molecule has 0 heterocycles. The van der Waals surface area contributed by atoms with Crippen LogP contribution in [-0.2, 0) is 15.8 Å². The number of nitrogens with zero attached hydrogens (tertiary/aromatic N) is 1. The molecule has 1 aromatic carbocycles. The Morgan fingerprint density at radius 1 is 1.40 bits per heavy atom. The molecule has 0 bridgehead atoms. The third-order valence-corrected chi connectivity index (χ3v) is 4.14. The summed E-state index contributed by atoms with van der Waals surface area (Å²) in [6, 6.07) is 5.72. The Kier molecular flexibility index (Phi) is 6.05. The van der Waals surface area contributed by atoms with Crippen molar-refractivity contribution in [3.8, 4) is 0 Å². The van der Waals surface area contributed by atoms with E-state index in [0.29, 0.717) is 12.8 Å². The van der Waals surface area contributed by atoms with Crippen molar-refractivity contribution >= 4 is 15.7 Å². The van der Waals surface area contributed by atoms with Gasteiger partial charge in [0.1, 0.15) is 0 Å².